The van der Waals surface area contributed by atoms with Gasteiger partial charge < -0.3 is 20.4 Å². The number of anilines is 3. The maximum absolute atomic E-state index is 11.5. The van der Waals surface area contributed by atoms with Crippen molar-refractivity contribution in [1.29, 1.82) is 0 Å². The molecule has 1 saturated heterocycles. The molecule has 10 heteroatoms. The quantitative estimate of drug-likeness (QED) is 0.547. The van der Waals surface area contributed by atoms with Crippen LogP contribution in [0.2, 0.25) is 0 Å². The van der Waals surface area contributed by atoms with Crippen LogP contribution in [0.15, 0.2) is 34.4 Å². The molecule has 33 heavy (non-hydrogen) atoms. The van der Waals surface area contributed by atoms with Gasteiger partial charge in [-0.05, 0) is 45.7 Å². The third-order valence-corrected chi connectivity index (χ3v) is 6.25. The number of piperazine rings is 1. The van der Waals surface area contributed by atoms with Gasteiger partial charge in [-0.25, -0.2) is 9.97 Å². The second-order valence-corrected chi connectivity index (χ2v) is 9.00. The van der Waals surface area contributed by atoms with Crippen LogP contribution in [0, 0.1) is 6.92 Å². The topological polar surface area (TPSA) is 98.1 Å². The minimum absolute atomic E-state index is 0.133. The van der Waals surface area contributed by atoms with Crippen molar-refractivity contribution in [2.45, 2.75) is 33.7 Å². The first kappa shape index (κ1) is 24.4. The van der Waals surface area contributed by atoms with Crippen LogP contribution in [0.4, 0.5) is 16.6 Å². The molecule has 3 rings (SSSR count). The van der Waals surface area contributed by atoms with Crippen molar-refractivity contribution < 1.29 is 4.79 Å². The zero-order chi connectivity index (χ0) is 23.8. The van der Waals surface area contributed by atoms with Gasteiger partial charge in [0.2, 0.25) is 5.91 Å². The summed E-state index contributed by atoms with van der Waals surface area (Å²) in [5.41, 5.74) is 2.72. The molecule has 1 fully saturated rings. The number of hydrogen-bond donors (Lipinski definition) is 2. The van der Waals surface area contributed by atoms with E-state index < -0.39 is 0 Å². The fourth-order valence-electron chi connectivity index (χ4n) is 3.40. The fraction of sp³-hybridized carbons (Fsp3) is 0.435. The molecular weight excluding hydrogens is 436 g/mol. The average Bonchev–Trinajstić information content (AvgIpc) is 3.15. The number of carbonyl (C=O) groups is 1. The van der Waals surface area contributed by atoms with Crippen LogP contribution in [0.5, 0.6) is 0 Å². The first-order valence-electron chi connectivity index (χ1n) is 11.0. The summed E-state index contributed by atoms with van der Waals surface area (Å²) in [7, 11) is 0. The Morgan fingerprint density at radius 3 is 2.67 bits per heavy atom. The van der Waals surface area contributed by atoms with Gasteiger partial charge in [-0.2, -0.15) is 0 Å². The Labute approximate surface area is 199 Å². The minimum atomic E-state index is 0.133. The second kappa shape index (κ2) is 11.6. The van der Waals surface area contributed by atoms with Crippen molar-refractivity contribution in [1.82, 2.24) is 14.9 Å². The van der Waals surface area contributed by atoms with Crippen LogP contribution in [0.3, 0.4) is 0 Å². The number of allylic oxidation sites excluding steroid dienone is 1. The van der Waals surface area contributed by atoms with Gasteiger partial charge in [0.15, 0.2) is 5.13 Å². The van der Waals surface area contributed by atoms with Gasteiger partial charge in [-0.15, -0.1) is 0 Å². The summed E-state index contributed by atoms with van der Waals surface area (Å²) in [6, 6.07) is 4.30. The number of thiazole rings is 1. The van der Waals surface area contributed by atoms with E-state index in [2.05, 4.69) is 56.1 Å². The Morgan fingerprint density at radius 2 is 2.06 bits per heavy atom. The van der Waals surface area contributed by atoms with E-state index in [1.54, 1.807) is 24.5 Å². The predicted octanol–water partition coefficient (Wildman–Crippen LogP) is 3.52. The zero-order valence-corrected chi connectivity index (χ0v) is 20.5. The summed E-state index contributed by atoms with van der Waals surface area (Å²) in [4.78, 5) is 34.1. The summed E-state index contributed by atoms with van der Waals surface area (Å²) in [6.07, 6.45) is 5.41. The molecule has 0 radical (unpaired) electrons. The lowest BCUT2D eigenvalue weighted by atomic mass is 10.2. The molecule has 0 bridgehead atoms. The Morgan fingerprint density at radius 1 is 1.30 bits per heavy atom. The number of aromatic nitrogens is 2. The van der Waals surface area contributed by atoms with Crippen molar-refractivity contribution in [3.63, 3.8) is 0 Å². The number of nitrogens with zero attached hydrogens (tertiary/aromatic N) is 6. The molecule has 9 nitrogen and oxygen atoms in total. The number of nitrogens with one attached hydrogen (secondary N) is 2. The normalized spacial score (nSPS) is 14.8. The van der Waals surface area contributed by atoms with E-state index in [0.717, 1.165) is 59.1 Å². The van der Waals surface area contributed by atoms with Crippen LogP contribution in [0.25, 0.3) is 5.70 Å². The smallest absolute Gasteiger partial charge is 0.219 e. The highest BCUT2D eigenvalue weighted by Gasteiger charge is 2.18. The Hall–Kier alpha value is -3.27. The summed E-state index contributed by atoms with van der Waals surface area (Å²) in [5.74, 6) is 0.890. The standard InChI is InChI=1S/C23H32N8OS/c1-16(2)28-23-29-17(3)22(33-23)20(24-5)8-9-25-15-27-21-7-6-19(14-26-21)31-12-10-30(11-13-31)18(4)32/h6-9,14,16H,5,10-13,15H2,1-4H3,(H,26,27)(H,28,29)/b20-8-,25-9?. The SMILES string of the molecule is C=N/C(=C\C=NCNc1ccc(N2CCN(C(C)=O)CC2)cn1)c1sc(NC(C)C)nc1C. The van der Waals surface area contributed by atoms with Crippen LogP contribution in [-0.4, -0.2) is 72.6 Å². The Kier molecular flexibility index (Phi) is 8.53. The van der Waals surface area contributed by atoms with Crippen LogP contribution >= 0.6 is 11.3 Å². The van der Waals surface area contributed by atoms with Crippen LogP contribution < -0.4 is 15.5 Å². The fourth-order valence-corrected chi connectivity index (χ4v) is 4.50. The molecule has 1 aliphatic heterocycles. The van der Waals surface area contributed by atoms with Gasteiger partial charge in [0.05, 0.1) is 28.2 Å². The molecule has 2 aromatic heterocycles. The highest BCUT2D eigenvalue weighted by Crippen LogP contribution is 2.29. The van der Waals surface area contributed by atoms with Gasteiger partial charge in [0, 0.05) is 45.4 Å². The van der Waals surface area contributed by atoms with E-state index >= 15 is 0 Å². The van der Waals surface area contributed by atoms with E-state index in [-0.39, 0.29) is 5.91 Å². The average molecular weight is 469 g/mol. The molecule has 3 heterocycles. The molecule has 0 aromatic carbocycles. The first-order valence-corrected chi connectivity index (χ1v) is 11.8. The molecule has 2 aromatic rings. The first-order chi connectivity index (χ1) is 15.9. The lowest BCUT2D eigenvalue weighted by molar-refractivity contribution is -0.129. The summed E-state index contributed by atoms with van der Waals surface area (Å²) in [5, 5.41) is 7.39. The van der Waals surface area contributed by atoms with Crippen LogP contribution in [-0.2, 0) is 4.79 Å². The third-order valence-electron chi connectivity index (χ3n) is 5.14. The number of aryl methyl sites for hydroxylation is 1. The van der Waals surface area contributed by atoms with E-state index in [0.29, 0.717) is 12.7 Å². The molecule has 2 N–H and O–H groups in total. The third kappa shape index (κ3) is 6.85. The number of rotatable bonds is 9. The lowest BCUT2D eigenvalue weighted by Gasteiger charge is -2.35. The van der Waals surface area contributed by atoms with Gasteiger partial charge >= 0.3 is 0 Å². The Balaban J connectivity index is 1.51. The highest BCUT2D eigenvalue weighted by molar-refractivity contribution is 7.16. The van der Waals surface area contributed by atoms with Crippen molar-refractivity contribution in [3.8, 4) is 0 Å². The van der Waals surface area contributed by atoms with E-state index in [9.17, 15) is 4.79 Å². The molecule has 0 atom stereocenters. The molecule has 1 amide bonds. The predicted molar refractivity (Wildman–Crippen MR) is 139 cm³/mol. The lowest BCUT2D eigenvalue weighted by Crippen LogP contribution is -2.48. The molecule has 176 valence electrons. The number of aliphatic imine (C=N–C) groups is 2. The highest BCUT2D eigenvalue weighted by atomic mass is 32.1. The van der Waals surface area contributed by atoms with Gasteiger partial charge in [-0.1, -0.05) is 11.3 Å². The van der Waals surface area contributed by atoms with Gasteiger partial charge in [0.1, 0.15) is 12.5 Å². The summed E-state index contributed by atoms with van der Waals surface area (Å²) >= 11 is 1.56. The van der Waals surface area contributed by atoms with Crippen molar-refractivity contribution >= 4 is 52.5 Å². The van der Waals surface area contributed by atoms with Gasteiger partial charge in [0.25, 0.3) is 0 Å². The van der Waals surface area contributed by atoms with Crippen LogP contribution in [0.1, 0.15) is 31.3 Å². The number of pyridine rings is 1. The van der Waals surface area contributed by atoms with Crippen molar-refractivity contribution in [3.05, 3.63) is 35.0 Å². The van der Waals surface area contributed by atoms with Gasteiger partial charge in [-0.3, -0.25) is 14.8 Å². The zero-order valence-electron chi connectivity index (χ0n) is 19.7. The summed E-state index contributed by atoms with van der Waals surface area (Å²) in [6.45, 7) is 15.0. The molecule has 0 saturated carbocycles. The number of hydrogen-bond acceptors (Lipinski definition) is 9. The molecule has 0 aliphatic carbocycles. The van der Waals surface area contributed by atoms with Crippen molar-refractivity contribution in [2.75, 3.05) is 48.4 Å². The largest absolute Gasteiger partial charge is 0.367 e. The van der Waals surface area contributed by atoms with E-state index in [1.165, 1.54) is 0 Å². The number of amides is 1. The molecule has 0 spiro atoms. The maximum atomic E-state index is 11.5. The molecule has 1 aliphatic rings. The maximum Gasteiger partial charge on any atom is 0.219 e. The van der Waals surface area contributed by atoms with E-state index in [4.69, 9.17) is 0 Å². The number of carbonyl (C=O) groups excluding carboxylic acids is 1. The molecule has 0 unspecified atom stereocenters. The van der Waals surface area contributed by atoms with Crippen molar-refractivity contribution in [2.24, 2.45) is 9.98 Å². The minimum Gasteiger partial charge on any atom is -0.367 e. The monoisotopic (exact) mass is 468 g/mol. The summed E-state index contributed by atoms with van der Waals surface area (Å²) < 4.78 is 0. The Bertz CT molecular complexity index is 1000. The molecular formula is C23H32N8OS. The second-order valence-electron chi connectivity index (χ2n) is 8.00. The van der Waals surface area contributed by atoms with E-state index in [1.807, 2.05) is 36.2 Å².